The molecule has 14 heavy (non-hydrogen) atoms. The molecule has 1 atom stereocenters. The average molecular weight is 209 g/mol. The Labute approximate surface area is 79.1 Å². The van der Waals surface area contributed by atoms with E-state index < -0.39 is 24.5 Å². The molecule has 0 fully saturated rings. The third-order valence-electron chi connectivity index (χ3n) is 1.47. The van der Waals surface area contributed by atoms with E-state index in [1.165, 1.54) is 7.05 Å². The molecule has 0 rings (SSSR count). The summed E-state index contributed by atoms with van der Waals surface area (Å²) in [5.41, 5.74) is 4.77. The standard InChI is InChI=1S/C7H10F3N3O/c1-13(4-6(12)14)3-5(2-11)7(8,9)10/h5H,3-4H2,1H3,(H2,12,14). The maximum absolute atomic E-state index is 12.1. The van der Waals surface area contributed by atoms with E-state index in [1.54, 1.807) is 0 Å². The Hall–Kier alpha value is -1.29. The van der Waals surface area contributed by atoms with Crippen LogP contribution in [0.5, 0.6) is 0 Å². The van der Waals surface area contributed by atoms with E-state index in [-0.39, 0.29) is 6.54 Å². The number of nitrogens with two attached hydrogens (primary N) is 1. The second-order valence-electron chi connectivity index (χ2n) is 2.89. The van der Waals surface area contributed by atoms with Gasteiger partial charge in [0.2, 0.25) is 5.91 Å². The lowest BCUT2D eigenvalue weighted by Gasteiger charge is -2.19. The van der Waals surface area contributed by atoms with Gasteiger partial charge in [0.25, 0.3) is 0 Å². The first-order chi connectivity index (χ1) is 6.27. The number of primary amides is 1. The van der Waals surface area contributed by atoms with Crippen LogP contribution < -0.4 is 5.73 Å². The van der Waals surface area contributed by atoms with E-state index in [9.17, 15) is 18.0 Å². The highest BCUT2D eigenvalue weighted by molar-refractivity contribution is 5.75. The fourth-order valence-corrected chi connectivity index (χ4v) is 0.860. The lowest BCUT2D eigenvalue weighted by Crippen LogP contribution is -2.38. The molecule has 0 aliphatic carbocycles. The number of nitrogens with zero attached hydrogens (tertiary/aromatic N) is 2. The third-order valence-corrected chi connectivity index (χ3v) is 1.47. The van der Waals surface area contributed by atoms with Crippen molar-refractivity contribution in [3.05, 3.63) is 0 Å². The Balaban J connectivity index is 4.21. The van der Waals surface area contributed by atoms with Crippen molar-refractivity contribution in [1.29, 1.82) is 5.26 Å². The van der Waals surface area contributed by atoms with Gasteiger partial charge in [-0.15, -0.1) is 0 Å². The number of carbonyl (C=O) groups is 1. The van der Waals surface area contributed by atoms with Crippen LogP contribution in [0.1, 0.15) is 0 Å². The number of amides is 1. The zero-order valence-corrected chi connectivity index (χ0v) is 7.51. The van der Waals surface area contributed by atoms with Crippen LogP contribution in [0.2, 0.25) is 0 Å². The summed E-state index contributed by atoms with van der Waals surface area (Å²) in [5, 5.41) is 8.23. The van der Waals surface area contributed by atoms with Crippen LogP contribution in [0.25, 0.3) is 0 Å². The first kappa shape index (κ1) is 12.7. The first-order valence-electron chi connectivity index (χ1n) is 3.70. The fourth-order valence-electron chi connectivity index (χ4n) is 0.860. The van der Waals surface area contributed by atoms with Crippen molar-refractivity contribution in [2.45, 2.75) is 6.18 Å². The van der Waals surface area contributed by atoms with Crippen LogP contribution in [0.15, 0.2) is 0 Å². The molecule has 2 N–H and O–H groups in total. The van der Waals surface area contributed by atoms with Crippen LogP contribution in [0.3, 0.4) is 0 Å². The summed E-state index contributed by atoms with van der Waals surface area (Å²) in [4.78, 5) is 11.4. The summed E-state index contributed by atoms with van der Waals surface area (Å²) in [6, 6.07) is 1.13. The lowest BCUT2D eigenvalue weighted by molar-refractivity contribution is -0.163. The predicted octanol–water partition coefficient (Wildman–Crippen LogP) is 0.106. The van der Waals surface area contributed by atoms with Crippen LogP contribution in [-0.4, -0.2) is 37.1 Å². The van der Waals surface area contributed by atoms with Gasteiger partial charge in [-0.2, -0.15) is 18.4 Å². The van der Waals surface area contributed by atoms with Crippen molar-refractivity contribution in [1.82, 2.24) is 4.90 Å². The summed E-state index contributed by atoms with van der Waals surface area (Å²) in [6.07, 6.45) is -4.57. The average Bonchev–Trinajstić information content (AvgIpc) is 1.96. The Morgan fingerprint density at radius 1 is 1.64 bits per heavy atom. The van der Waals surface area contributed by atoms with Crippen molar-refractivity contribution >= 4 is 5.91 Å². The molecular formula is C7H10F3N3O. The molecule has 0 saturated carbocycles. The molecule has 0 radical (unpaired) electrons. The maximum atomic E-state index is 12.1. The highest BCUT2D eigenvalue weighted by atomic mass is 19.4. The third kappa shape index (κ3) is 4.67. The Kier molecular flexibility index (Phi) is 4.37. The van der Waals surface area contributed by atoms with Gasteiger partial charge in [-0.25, -0.2) is 0 Å². The van der Waals surface area contributed by atoms with Crippen molar-refractivity contribution in [2.75, 3.05) is 20.1 Å². The zero-order valence-electron chi connectivity index (χ0n) is 7.51. The van der Waals surface area contributed by atoms with E-state index in [4.69, 9.17) is 11.0 Å². The van der Waals surface area contributed by atoms with Gasteiger partial charge in [-0.3, -0.25) is 9.69 Å². The summed E-state index contributed by atoms with van der Waals surface area (Å²) in [7, 11) is 1.29. The Bertz CT molecular complexity index is 246. The molecule has 0 heterocycles. The predicted molar refractivity (Wildman–Crippen MR) is 41.8 cm³/mol. The quantitative estimate of drug-likeness (QED) is 0.714. The van der Waals surface area contributed by atoms with Crippen molar-refractivity contribution in [2.24, 2.45) is 11.7 Å². The minimum atomic E-state index is -4.57. The van der Waals surface area contributed by atoms with Gasteiger partial charge in [0.1, 0.15) is 0 Å². The van der Waals surface area contributed by atoms with Gasteiger partial charge in [0.15, 0.2) is 5.92 Å². The normalized spacial score (nSPS) is 13.7. The number of hydrogen-bond donors (Lipinski definition) is 1. The molecule has 0 saturated heterocycles. The van der Waals surface area contributed by atoms with Gasteiger partial charge < -0.3 is 5.73 Å². The lowest BCUT2D eigenvalue weighted by atomic mass is 10.1. The first-order valence-corrected chi connectivity index (χ1v) is 3.70. The SMILES string of the molecule is CN(CC(N)=O)CC(C#N)C(F)(F)F. The van der Waals surface area contributed by atoms with E-state index in [0.29, 0.717) is 0 Å². The largest absolute Gasteiger partial charge is 0.405 e. The van der Waals surface area contributed by atoms with Crippen molar-refractivity contribution < 1.29 is 18.0 Å². The molecule has 1 unspecified atom stereocenters. The molecule has 7 heteroatoms. The second-order valence-corrected chi connectivity index (χ2v) is 2.89. The molecule has 4 nitrogen and oxygen atoms in total. The van der Waals surface area contributed by atoms with E-state index in [2.05, 4.69) is 0 Å². The number of alkyl halides is 3. The van der Waals surface area contributed by atoms with Crippen LogP contribution in [0, 0.1) is 17.2 Å². The minimum Gasteiger partial charge on any atom is -0.369 e. The van der Waals surface area contributed by atoms with Gasteiger partial charge in [-0.1, -0.05) is 0 Å². The summed E-state index contributed by atoms with van der Waals surface area (Å²) >= 11 is 0. The zero-order chi connectivity index (χ0) is 11.4. The van der Waals surface area contributed by atoms with Crippen LogP contribution in [-0.2, 0) is 4.79 Å². The molecule has 0 spiro atoms. The van der Waals surface area contributed by atoms with E-state index >= 15 is 0 Å². The number of halogens is 3. The minimum absolute atomic E-state index is 0.297. The number of likely N-dealkylation sites (N-methyl/N-ethyl adjacent to an activating group) is 1. The second kappa shape index (κ2) is 4.81. The van der Waals surface area contributed by atoms with Crippen molar-refractivity contribution in [3.8, 4) is 6.07 Å². The Morgan fingerprint density at radius 2 is 2.14 bits per heavy atom. The molecular weight excluding hydrogens is 199 g/mol. The number of carbonyl (C=O) groups excluding carboxylic acids is 1. The van der Waals surface area contributed by atoms with E-state index in [1.807, 2.05) is 0 Å². The molecule has 0 aromatic rings. The maximum Gasteiger partial charge on any atom is 0.405 e. The summed E-state index contributed by atoms with van der Waals surface area (Å²) in [5.74, 6) is -2.82. The molecule has 0 aliphatic rings. The smallest absolute Gasteiger partial charge is 0.369 e. The van der Waals surface area contributed by atoms with E-state index in [0.717, 1.165) is 11.0 Å². The number of rotatable bonds is 4. The van der Waals surface area contributed by atoms with Crippen molar-refractivity contribution in [3.63, 3.8) is 0 Å². The Morgan fingerprint density at radius 3 is 2.43 bits per heavy atom. The molecule has 0 aromatic carbocycles. The fraction of sp³-hybridized carbons (Fsp3) is 0.714. The van der Waals surface area contributed by atoms with Crippen LogP contribution in [0.4, 0.5) is 13.2 Å². The van der Waals surface area contributed by atoms with Gasteiger partial charge >= 0.3 is 6.18 Å². The van der Waals surface area contributed by atoms with Gasteiger partial charge in [-0.05, 0) is 7.05 Å². The number of hydrogen-bond acceptors (Lipinski definition) is 3. The molecule has 0 aromatic heterocycles. The molecule has 0 bridgehead atoms. The summed E-state index contributed by atoms with van der Waals surface area (Å²) in [6.45, 7) is -0.850. The highest BCUT2D eigenvalue weighted by Crippen LogP contribution is 2.25. The molecule has 80 valence electrons. The summed E-state index contributed by atoms with van der Waals surface area (Å²) < 4.78 is 36.2. The van der Waals surface area contributed by atoms with Gasteiger partial charge in [0, 0.05) is 6.54 Å². The van der Waals surface area contributed by atoms with Crippen LogP contribution >= 0.6 is 0 Å². The van der Waals surface area contributed by atoms with Gasteiger partial charge in [0.05, 0.1) is 12.6 Å². The molecule has 1 amide bonds. The monoisotopic (exact) mass is 209 g/mol. The highest BCUT2D eigenvalue weighted by Gasteiger charge is 2.40. The number of nitriles is 1. The molecule has 0 aliphatic heterocycles. The topological polar surface area (TPSA) is 70.1 Å².